The zero-order valence-corrected chi connectivity index (χ0v) is 20.2. The number of carbonyl (C=O) groups excluding carboxylic acids is 1. The van der Waals surface area contributed by atoms with E-state index in [1.165, 1.54) is 11.3 Å². The van der Waals surface area contributed by atoms with Gasteiger partial charge in [-0.3, -0.25) is 9.36 Å². The fourth-order valence-electron chi connectivity index (χ4n) is 3.61. The fourth-order valence-corrected chi connectivity index (χ4v) is 5.57. The topological polar surface area (TPSA) is 69.9 Å². The fraction of sp³-hybridized carbons (Fsp3) is 0.292. The van der Waals surface area contributed by atoms with Crippen LogP contribution in [0.25, 0.3) is 6.08 Å². The molecule has 0 spiro atoms. The van der Waals surface area contributed by atoms with Gasteiger partial charge in [0, 0.05) is 4.88 Å². The molecule has 8 heteroatoms. The highest BCUT2D eigenvalue weighted by molar-refractivity contribution is 7.11. The summed E-state index contributed by atoms with van der Waals surface area (Å²) in [6, 6.07) is 8.77. The number of methoxy groups -OCH3 is 1. The second-order valence-corrected chi connectivity index (χ2v) is 9.73. The third-order valence-corrected chi connectivity index (χ3v) is 7.13. The molecule has 0 saturated carbocycles. The van der Waals surface area contributed by atoms with Crippen LogP contribution in [0.1, 0.15) is 42.8 Å². The highest BCUT2D eigenvalue weighted by atomic mass is 32.1. The lowest BCUT2D eigenvalue weighted by molar-refractivity contribution is -0.143. The van der Waals surface area contributed by atoms with Gasteiger partial charge in [-0.05, 0) is 68.5 Å². The van der Waals surface area contributed by atoms with Gasteiger partial charge in [-0.1, -0.05) is 23.5 Å². The number of benzene rings is 1. The highest BCUT2D eigenvalue weighted by Gasteiger charge is 2.33. The van der Waals surface area contributed by atoms with E-state index in [0.29, 0.717) is 26.4 Å². The summed E-state index contributed by atoms with van der Waals surface area (Å²) in [6.07, 6.45) is 1.62. The van der Waals surface area contributed by atoms with Crippen LogP contribution in [0, 0.1) is 6.92 Å². The molecule has 1 atom stereocenters. The minimum Gasteiger partial charge on any atom is -0.497 e. The number of aromatic nitrogens is 1. The summed E-state index contributed by atoms with van der Waals surface area (Å²) in [5, 5.41) is 2.00. The monoisotopic (exact) mass is 468 g/mol. The molecule has 0 bridgehead atoms. The van der Waals surface area contributed by atoms with E-state index in [1.807, 2.05) is 48.7 Å². The van der Waals surface area contributed by atoms with Gasteiger partial charge in [0.1, 0.15) is 5.75 Å². The van der Waals surface area contributed by atoms with Gasteiger partial charge in [0.2, 0.25) is 0 Å². The Morgan fingerprint density at radius 1 is 1.19 bits per heavy atom. The lowest BCUT2D eigenvalue weighted by atomic mass is 9.96. The number of nitrogens with zero attached hydrogens (tertiary/aromatic N) is 2. The average Bonchev–Trinajstić information content (AvgIpc) is 3.29. The van der Waals surface area contributed by atoms with Crippen molar-refractivity contribution in [1.29, 1.82) is 0 Å². The summed E-state index contributed by atoms with van der Waals surface area (Å²) in [5.41, 5.74) is 2.65. The van der Waals surface area contributed by atoms with Crippen LogP contribution >= 0.6 is 22.7 Å². The van der Waals surface area contributed by atoms with Crippen LogP contribution in [0.3, 0.4) is 0 Å². The number of esters is 1. The summed E-state index contributed by atoms with van der Waals surface area (Å²) >= 11 is 2.92. The predicted octanol–water partition coefficient (Wildman–Crippen LogP) is 3.57. The number of rotatable bonds is 5. The van der Waals surface area contributed by atoms with Crippen molar-refractivity contribution in [1.82, 2.24) is 4.57 Å². The molecule has 2 aromatic heterocycles. The van der Waals surface area contributed by atoms with Gasteiger partial charge in [0.15, 0.2) is 4.80 Å². The van der Waals surface area contributed by atoms with Gasteiger partial charge in [-0.15, -0.1) is 11.3 Å². The zero-order valence-electron chi connectivity index (χ0n) is 18.5. The van der Waals surface area contributed by atoms with Crippen molar-refractivity contribution in [3.63, 3.8) is 0 Å². The Hall–Kier alpha value is -2.97. The highest BCUT2D eigenvalue weighted by Crippen LogP contribution is 2.32. The van der Waals surface area contributed by atoms with Crippen molar-refractivity contribution >= 4 is 34.7 Å². The molecule has 0 radical (unpaired) electrons. The molecule has 3 aromatic rings. The lowest BCUT2D eigenvalue weighted by Gasteiger charge is -2.25. The SMILES string of the molecule is COc1ccc([C@H]2C(C(=O)OC(C)C)=C(C)N=c3s/c(=C\c4sccc4C)c(=O)n32)cc1. The summed E-state index contributed by atoms with van der Waals surface area (Å²) in [7, 11) is 1.60. The lowest BCUT2D eigenvalue weighted by Crippen LogP contribution is -2.40. The van der Waals surface area contributed by atoms with Crippen molar-refractivity contribution < 1.29 is 14.3 Å². The van der Waals surface area contributed by atoms with Crippen LogP contribution < -0.4 is 19.6 Å². The molecule has 6 nitrogen and oxygen atoms in total. The molecular formula is C24H24N2O4S2. The van der Waals surface area contributed by atoms with E-state index >= 15 is 0 Å². The number of thiazole rings is 1. The smallest absolute Gasteiger partial charge is 0.338 e. The van der Waals surface area contributed by atoms with E-state index in [9.17, 15) is 9.59 Å². The Morgan fingerprint density at radius 3 is 2.50 bits per heavy atom. The molecule has 0 N–H and O–H groups in total. The van der Waals surface area contributed by atoms with E-state index in [0.717, 1.165) is 16.0 Å². The van der Waals surface area contributed by atoms with Crippen molar-refractivity contribution in [3.8, 4) is 5.75 Å². The van der Waals surface area contributed by atoms with Crippen LogP contribution in [0.2, 0.25) is 0 Å². The van der Waals surface area contributed by atoms with Crippen LogP contribution in [0.4, 0.5) is 0 Å². The summed E-state index contributed by atoms with van der Waals surface area (Å²) < 4.78 is 13.0. The average molecular weight is 469 g/mol. The van der Waals surface area contributed by atoms with Gasteiger partial charge in [0.25, 0.3) is 5.56 Å². The first-order valence-corrected chi connectivity index (χ1v) is 11.9. The van der Waals surface area contributed by atoms with Crippen LogP contribution in [-0.2, 0) is 9.53 Å². The van der Waals surface area contributed by atoms with E-state index < -0.39 is 12.0 Å². The third kappa shape index (κ3) is 4.08. The molecule has 32 heavy (non-hydrogen) atoms. The molecule has 1 aromatic carbocycles. The van der Waals surface area contributed by atoms with E-state index in [-0.39, 0.29) is 11.7 Å². The van der Waals surface area contributed by atoms with Crippen molar-refractivity contribution in [2.24, 2.45) is 4.99 Å². The van der Waals surface area contributed by atoms with Crippen molar-refractivity contribution in [2.45, 2.75) is 39.8 Å². The third-order valence-electron chi connectivity index (χ3n) is 5.18. The Balaban J connectivity index is 1.95. The molecule has 1 aliphatic heterocycles. The standard InChI is InChI=1S/C24H24N2O4S2/c1-13(2)30-23(28)20-15(4)25-24-26(21(20)16-6-8-17(29-5)9-7-16)22(27)19(32-24)12-18-14(3)10-11-31-18/h6-13,21H,1-5H3/b19-12-/t21-/m0/s1. The first-order chi connectivity index (χ1) is 15.3. The zero-order chi connectivity index (χ0) is 23.0. The van der Waals surface area contributed by atoms with Crippen molar-refractivity contribution in [2.75, 3.05) is 7.11 Å². The largest absolute Gasteiger partial charge is 0.497 e. The molecule has 1 aliphatic rings. The normalized spacial score (nSPS) is 16.2. The molecule has 3 heterocycles. The predicted molar refractivity (Wildman–Crippen MR) is 127 cm³/mol. The first-order valence-electron chi connectivity index (χ1n) is 10.2. The maximum Gasteiger partial charge on any atom is 0.338 e. The molecule has 0 saturated heterocycles. The second-order valence-electron chi connectivity index (χ2n) is 7.78. The first kappa shape index (κ1) is 22.2. The Labute approximate surface area is 193 Å². The van der Waals surface area contributed by atoms with Gasteiger partial charge < -0.3 is 9.47 Å². The number of allylic oxidation sites excluding steroid dienone is 1. The maximum atomic E-state index is 13.5. The molecule has 0 unspecified atom stereocenters. The van der Waals surface area contributed by atoms with E-state index in [4.69, 9.17) is 9.47 Å². The molecule has 166 valence electrons. The number of ether oxygens (including phenoxy) is 2. The van der Waals surface area contributed by atoms with E-state index in [1.54, 1.807) is 43.8 Å². The van der Waals surface area contributed by atoms with Gasteiger partial charge >= 0.3 is 5.97 Å². The number of hydrogen-bond acceptors (Lipinski definition) is 7. The van der Waals surface area contributed by atoms with Gasteiger partial charge in [0.05, 0.1) is 35.1 Å². The van der Waals surface area contributed by atoms with Gasteiger partial charge in [-0.2, -0.15) is 0 Å². The summed E-state index contributed by atoms with van der Waals surface area (Å²) in [5.74, 6) is 0.229. The minimum absolute atomic E-state index is 0.176. The van der Waals surface area contributed by atoms with Crippen LogP contribution in [-0.4, -0.2) is 23.8 Å². The number of carbonyl (C=O) groups is 1. The quantitative estimate of drug-likeness (QED) is 0.537. The number of thiophene rings is 1. The van der Waals surface area contributed by atoms with E-state index in [2.05, 4.69) is 4.99 Å². The molecular weight excluding hydrogens is 444 g/mol. The Kier molecular flexibility index (Phi) is 6.17. The Bertz CT molecular complexity index is 1370. The molecule has 0 amide bonds. The number of aryl methyl sites for hydroxylation is 1. The number of fused-ring (bicyclic) bond motifs is 1. The van der Waals surface area contributed by atoms with Crippen LogP contribution in [0.15, 0.2) is 56.8 Å². The minimum atomic E-state index is -0.630. The van der Waals surface area contributed by atoms with Gasteiger partial charge in [-0.25, -0.2) is 9.79 Å². The second kappa shape index (κ2) is 8.88. The summed E-state index contributed by atoms with van der Waals surface area (Å²) in [4.78, 5) is 32.8. The summed E-state index contributed by atoms with van der Waals surface area (Å²) in [6.45, 7) is 7.40. The molecule has 0 aliphatic carbocycles. The van der Waals surface area contributed by atoms with Crippen molar-refractivity contribution in [3.05, 3.63) is 82.7 Å². The Morgan fingerprint density at radius 2 is 1.91 bits per heavy atom. The maximum absolute atomic E-state index is 13.5. The van der Waals surface area contributed by atoms with Crippen LogP contribution in [0.5, 0.6) is 5.75 Å². The molecule has 0 fully saturated rings. The molecule has 4 rings (SSSR count). The number of hydrogen-bond donors (Lipinski definition) is 0.